The lowest BCUT2D eigenvalue weighted by Crippen LogP contribution is -1.87. The fourth-order valence-corrected chi connectivity index (χ4v) is 1.04. The summed E-state index contributed by atoms with van der Waals surface area (Å²) in [6, 6.07) is 0. The van der Waals surface area contributed by atoms with Crippen LogP contribution in [-0.4, -0.2) is 9.78 Å². The summed E-state index contributed by atoms with van der Waals surface area (Å²) in [5.41, 5.74) is -0.0685. The minimum absolute atomic E-state index is 0.0685. The summed E-state index contributed by atoms with van der Waals surface area (Å²) < 4.78 is 22.9. The molecule has 4 heteroatoms. The first kappa shape index (κ1) is 4.14. The highest BCUT2D eigenvalue weighted by molar-refractivity contribution is 9.10. The van der Waals surface area contributed by atoms with Crippen molar-refractivity contribution in [2.45, 2.75) is 6.85 Å². The van der Waals surface area contributed by atoms with Gasteiger partial charge in [-0.05, 0) is 6.85 Å². The molecule has 0 radical (unpaired) electrons. The van der Waals surface area contributed by atoms with E-state index in [1.807, 2.05) is 0 Å². The minimum Gasteiger partial charge on any atom is -0.361 e. The average molecular weight is 203 g/mol. The third-order valence-corrected chi connectivity index (χ3v) is 1.80. The van der Waals surface area contributed by atoms with Crippen LogP contribution in [0.5, 0.6) is 0 Å². The third-order valence-electron chi connectivity index (χ3n) is 1.07. The lowest BCUT2D eigenvalue weighted by molar-refractivity contribution is 0.770. The quantitative estimate of drug-likeness (QED) is 0.591. The van der Waals surface area contributed by atoms with Crippen LogP contribution in [0.25, 0.3) is 4.85 Å². The summed E-state index contributed by atoms with van der Waals surface area (Å²) in [5, 5.41) is 3.75. The molecule has 1 rings (SSSR count). The van der Waals surface area contributed by atoms with Crippen molar-refractivity contribution < 1.29 is 4.11 Å². The molecule has 0 bridgehead atoms. The maximum absolute atomic E-state index is 7.12. The molecule has 0 saturated heterocycles. The number of rotatable bonds is 0. The van der Waals surface area contributed by atoms with Crippen molar-refractivity contribution in [1.29, 1.82) is 0 Å². The Morgan fingerprint density at radius 1 is 1.90 bits per heavy atom. The molecule has 0 fully saturated rings. The molecule has 0 aliphatic rings. The Labute approximate surface area is 71.8 Å². The molecule has 0 atom stereocenters. The molecule has 0 aliphatic carbocycles. The average Bonchev–Trinajstić information content (AvgIpc) is 2.25. The zero-order chi connectivity index (χ0) is 10.2. The molecule has 0 saturated carbocycles. The summed E-state index contributed by atoms with van der Waals surface area (Å²) in [5.74, 6) is 0.200. The largest absolute Gasteiger partial charge is 0.361 e. The highest BCUT2D eigenvalue weighted by atomic mass is 79.9. The molecule has 1 aromatic rings. The van der Waals surface area contributed by atoms with Gasteiger partial charge in [0.05, 0.1) is 17.2 Å². The van der Waals surface area contributed by atoms with Gasteiger partial charge in [-0.1, -0.05) is 22.5 Å². The SMILES string of the molecule is [2H]C([2H])([2H])c1nn(C)c([N+]#[C-])c1Br. The zero-order valence-corrected chi connectivity index (χ0v) is 6.81. The number of halogens is 1. The Kier molecular flexibility index (Phi) is 1.01. The van der Waals surface area contributed by atoms with E-state index in [9.17, 15) is 0 Å². The first-order valence-corrected chi connectivity index (χ1v) is 3.27. The Balaban J connectivity index is 3.37. The predicted octanol–water partition coefficient (Wildman–Crippen LogP) is 2.04. The van der Waals surface area contributed by atoms with Gasteiger partial charge in [0, 0.05) is 4.11 Å². The van der Waals surface area contributed by atoms with Gasteiger partial charge in [0.15, 0.2) is 0 Å². The van der Waals surface area contributed by atoms with Crippen LogP contribution >= 0.6 is 15.9 Å². The highest BCUT2D eigenvalue weighted by Crippen LogP contribution is 2.27. The fourth-order valence-electron chi connectivity index (χ4n) is 0.611. The van der Waals surface area contributed by atoms with Gasteiger partial charge in [0.25, 0.3) is 5.82 Å². The van der Waals surface area contributed by atoms with Gasteiger partial charge in [-0.3, -0.25) is 0 Å². The van der Waals surface area contributed by atoms with E-state index in [-0.39, 0.29) is 16.0 Å². The van der Waals surface area contributed by atoms with Crippen molar-refractivity contribution in [3.05, 3.63) is 21.6 Å². The maximum atomic E-state index is 7.12. The van der Waals surface area contributed by atoms with Crippen LogP contribution in [0.3, 0.4) is 0 Å². The molecule has 10 heavy (non-hydrogen) atoms. The second-order valence-corrected chi connectivity index (χ2v) is 2.51. The molecule has 1 heterocycles. The van der Waals surface area contributed by atoms with E-state index >= 15 is 0 Å². The van der Waals surface area contributed by atoms with Crippen LogP contribution in [-0.2, 0) is 7.05 Å². The van der Waals surface area contributed by atoms with E-state index in [0.717, 1.165) is 0 Å². The van der Waals surface area contributed by atoms with Gasteiger partial charge >= 0.3 is 0 Å². The summed E-state index contributed by atoms with van der Waals surface area (Å²) in [7, 11) is 1.54. The normalized spacial score (nSPS) is 15.1. The van der Waals surface area contributed by atoms with Gasteiger partial charge in [-0.25, -0.2) is 0 Å². The van der Waals surface area contributed by atoms with Gasteiger partial charge in [-0.15, -0.1) is 5.10 Å². The van der Waals surface area contributed by atoms with E-state index in [4.69, 9.17) is 10.7 Å². The first-order chi connectivity index (χ1) is 5.88. The Morgan fingerprint density at radius 3 is 2.90 bits per heavy atom. The van der Waals surface area contributed by atoms with Gasteiger partial charge < -0.3 is 4.85 Å². The summed E-state index contributed by atoms with van der Waals surface area (Å²) in [6.07, 6.45) is 0. The number of hydrogen-bond acceptors (Lipinski definition) is 1. The standard InChI is InChI=1S/C6H6BrN3/c1-4-5(7)6(8-2)10(3)9-4/h1,3H3/i1D3. The molecule has 0 spiro atoms. The first-order valence-electron chi connectivity index (χ1n) is 3.98. The lowest BCUT2D eigenvalue weighted by atomic mass is 10.5. The topological polar surface area (TPSA) is 22.2 Å². The lowest BCUT2D eigenvalue weighted by Gasteiger charge is -1.86. The monoisotopic (exact) mass is 202 g/mol. The molecular weight excluding hydrogens is 194 g/mol. The zero-order valence-electron chi connectivity index (χ0n) is 8.22. The van der Waals surface area contributed by atoms with Crippen LogP contribution < -0.4 is 0 Å². The smallest absolute Gasteiger partial charge is 0.266 e. The van der Waals surface area contributed by atoms with Crippen molar-refractivity contribution >= 4 is 21.7 Å². The van der Waals surface area contributed by atoms with Crippen molar-refractivity contribution in [3.63, 3.8) is 0 Å². The summed E-state index contributed by atoms with van der Waals surface area (Å²) >= 11 is 3.04. The second kappa shape index (κ2) is 2.43. The minimum atomic E-state index is -2.28. The van der Waals surface area contributed by atoms with E-state index in [0.29, 0.717) is 0 Å². The molecule has 0 amide bonds. The van der Waals surface area contributed by atoms with Crippen molar-refractivity contribution in [2.24, 2.45) is 7.05 Å². The van der Waals surface area contributed by atoms with Crippen LogP contribution in [0.15, 0.2) is 4.47 Å². The molecule has 0 N–H and O–H groups in total. The van der Waals surface area contributed by atoms with Crippen LogP contribution in [0, 0.1) is 13.4 Å². The summed E-state index contributed by atoms with van der Waals surface area (Å²) in [4.78, 5) is 3.16. The van der Waals surface area contributed by atoms with Crippen molar-refractivity contribution in [1.82, 2.24) is 9.78 Å². The van der Waals surface area contributed by atoms with E-state index in [1.165, 1.54) is 11.7 Å². The van der Waals surface area contributed by atoms with Crippen molar-refractivity contribution in [2.75, 3.05) is 0 Å². The highest BCUT2D eigenvalue weighted by Gasteiger charge is 2.09. The van der Waals surface area contributed by atoms with E-state index in [2.05, 4.69) is 25.9 Å². The van der Waals surface area contributed by atoms with Gasteiger partial charge in [-0.2, -0.15) is 4.68 Å². The third kappa shape index (κ3) is 0.929. The van der Waals surface area contributed by atoms with Gasteiger partial charge in [0.1, 0.15) is 0 Å². The second-order valence-electron chi connectivity index (χ2n) is 1.72. The van der Waals surface area contributed by atoms with Crippen LogP contribution in [0.2, 0.25) is 0 Å². The molecule has 0 aromatic carbocycles. The molecule has 3 nitrogen and oxygen atoms in total. The van der Waals surface area contributed by atoms with E-state index in [1.54, 1.807) is 0 Å². The maximum Gasteiger partial charge on any atom is 0.266 e. The Morgan fingerprint density at radius 2 is 2.60 bits per heavy atom. The number of nitrogens with zero attached hydrogens (tertiary/aromatic N) is 3. The molecular formula is C6H6BrN3. The van der Waals surface area contributed by atoms with Crippen molar-refractivity contribution in [3.8, 4) is 0 Å². The van der Waals surface area contributed by atoms with Gasteiger partial charge in [0.2, 0.25) is 0 Å². The molecule has 52 valence electrons. The molecule has 0 unspecified atom stereocenters. The number of hydrogen-bond donors (Lipinski definition) is 0. The molecule has 1 aromatic heterocycles. The predicted molar refractivity (Wildman–Crippen MR) is 41.9 cm³/mol. The number of aryl methyl sites for hydroxylation is 2. The fraction of sp³-hybridized carbons (Fsp3) is 0.333. The van der Waals surface area contributed by atoms with Crippen LogP contribution in [0.1, 0.15) is 9.81 Å². The Hall–Kier alpha value is -0.820. The van der Waals surface area contributed by atoms with E-state index < -0.39 is 6.85 Å². The Bertz CT molecular complexity index is 374. The summed E-state index contributed by atoms with van der Waals surface area (Å²) in [6.45, 7) is 4.52. The molecule has 0 aliphatic heterocycles. The number of aromatic nitrogens is 2. The van der Waals surface area contributed by atoms with Crippen LogP contribution in [0.4, 0.5) is 5.82 Å².